The number of thioether (sulfide) groups is 1. The summed E-state index contributed by atoms with van der Waals surface area (Å²) in [4.78, 5) is 14.0. The fraction of sp³-hybridized carbons (Fsp3) is 0.923. The van der Waals surface area contributed by atoms with Crippen molar-refractivity contribution in [3.8, 4) is 0 Å². The van der Waals surface area contributed by atoms with E-state index < -0.39 is 0 Å². The number of hydrogen-bond acceptors (Lipinski definition) is 3. The first-order valence-corrected chi connectivity index (χ1v) is 8.13. The van der Waals surface area contributed by atoms with Crippen LogP contribution in [0.3, 0.4) is 0 Å². The fourth-order valence-electron chi connectivity index (χ4n) is 3.04. The van der Waals surface area contributed by atoms with Crippen LogP contribution in [0.25, 0.3) is 0 Å². The third-order valence-electron chi connectivity index (χ3n) is 4.36. The molecule has 2 saturated heterocycles. The Balaban J connectivity index is 1.78. The molecule has 0 saturated carbocycles. The summed E-state index contributed by atoms with van der Waals surface area (Å²) >= 11 is 1.76. The summed E-state index contributed by atoms with van der Waals surface area (Å²) < 4.78 is 0. The van der Waals surface area contributed by atoms with E-state index in [4.69, 9.17) is 0 Å². The van der Waals surface area contributed by atoms with Crippen LogP contribution in [-0.4, -0.2) is 49.0 Å². The van der Waals surface area contributed by atoms with Crippen LogP contribution in [0.4, 0.5) is 0 Å². The van der Waals surface area contributed by atoms with Crippen molar-refractivity contribution >= 4 is 17.7 Å². The van der Waals surface area contributed by atoms with Crippen LogP contribution in [0.2, 0.25) is 0 Å². The van der Waals surface area contributed by atoms with Crippen molar-refractivity contribution in [2.45, 2.75) is 32.1 Å². The third-order valence-corrected chi connectivity index (χ3v) is 4.97. The monoisotopic (exact) mass is 256 g/mol. The van der Waals surface area contributed by atoms with Crippen LogP contribution >= 0.6 is 11.8 Å². The summed E-state index contributed by atoms with van der Waals surface area (Å²) in [6.07, 6.45) is 7.84. The van der Waals surface area contributed by atoms with E-state index in [0.29, 0.717) is 11.3 Å². The summed E-state index contributed by atoms with van der Waals surface area (Å²) in [5.41, 5.74) is 0.557. The fourth-order valence-corrected chi connectivity index (χ4v) is 3.41. The van der Waals surface area contributed by atoms with Gasteiger partial charge in [0.1, 0.15) is 0 Å². The number of nitrogens with one attached hydrogen (secondary N) is 1. The minimum atomic E-state index is 0.364. The van der Waals surface area contributed by atoms with Gasteiger partial charge in [0.15, 0.2) is 0 Å². The van der Waals surface area contributed by atoms with E-state index in [0.717, 1.165) is 25.3 Å². The van der Waals surface area contributed by atoms with E-state index in [1.807, 2.05) is 0 Å². The molecule has 0 aliphatic carbocycles. The van der Waals surface area contributed by atoms with Gasteiger partial charge in [0, 0.05) is 25.3 Å². The first kappa shape index (κ1) is 13.2. The molecule has 2 fully saturated rings. The van der Waals surface area contributed by atoms with Gasteiger partial charge in [-0.3, -0.25) is 4.79 Å². The Hall–Kier alpha value is -0.220. The zero-order chi connectivity index (χ0) is 12.1. The SMILES string of the molecule is CSCCC(=O)N1CCC2(CCNCC2)CC1. The maximum atomic E-state index is 11.9. The summed E-state index contributed by atoms with van der Waals surface area (Å²) in [7, 11) is 0. The second-order valence-electron chi connectivity index (χ2n) is 5.37. The zero-order valence-electron chi connectivity index (χ0n) is 10.8. The zero-order valence-corrected chi connectivity index (χ0v) is 11.7. The summed E-state index contributed by atoms with van der Waals surface area (Å²) in [6.45, 7) is 4.32. The molecule has 0 aromatic carbocycles. The molecule has 2 heterocycles. The number of nitrogens with zero attached hydrogens (tertiary/aromatic N) is 1. The standard InChI is InChI=1S/C13H24N2OS/c1-17-11-2-12(16)15-9-5-13(6-10-15)3-7-14-8-4-13/h14H,2-11H2,1H3. The Kier molecular flexibility index (Phi) is 4.74. The van der Waals surface area contributed by atoms with Crippen molar-refractivity contribution in [1.82, 2.24) is 10.2 Å². The van der Waals surface area contributed by atoms with E-state index in [1.165, 1.54) is 38.8 Å². The van der Waals surface area contributed by atoms with Crippen LogP contribution in [0, 0.1) is 5.41 Å². The van der Waals surface area contributed by atoms with Crippen molar-refractivity contribution in [2.75, 3.05) is 38.2 Å². The molecular formula is C13H24N2OS. The first-order valence-electron chi connectivity index (χ1n) is 6.73. The second-order valence-corrected chi connectivity index (χ2v) is 6.36. The number of piperidine rings is 2. The summed E-state index contributed by atoms with van der Waals surface area (Å²) in [6, 6.07) is 0. The molecule has 2 aliphatic heterocycles. The molecule has 1 N–H and O–H groups in total. The quantitative estimate of drug-likeness (QED) is 0.834. The van der Waals surface area contributed by atoms with Gasteiger partial charge in [-0.1, -0.05) is 0 Å². The molecule has 98 valence electrons. The number of rotatable bonds is 3. The van der Waals surface area contributed by atoms with Crippen molar-refractivity contribution in [3.05, 3.63) is 0 Å². The average Bonchev–Trinajstić information content (AvgIpc) is 2.38. The smallest absolute Gasteiger partial charge is 0.223 e. The molecule has 0 aromatic heterocycles. The molecule has 0 aromatic rings. The number of likely N-dealkylation sites (tertiary alicyclic amines) is 1. The molecule has 4 heteroatoms. The number of carbonyl (C=O) groups is 1. The Morgan fingerprint density at radius 3 is 2.47 bits per heavy atom. The molecule has 0 unspecified atom stereocenters. The number of carbonyl (C=O) groups excluding carboxylic acids is 1. The van der Waals surface area contributed by atoms with Crippen LogP contribution in [0.5, 0.6) is 0 Å². The maximum Gasteiger partial charge on any atom is 0.223 e. The third kappa shape index (κ3) is 3.38. The lowest BCUT2D eigenvalue weighted by molar-refractivity contribution is -0.133. The van der Waals surface area contributed by atoms with Crippen molar-refractivity contribution in [1.29, 1.82) is 0 Å². The molecule has 1 spiro atoms. The van der Waals surface area contributed by atoms with E-state index >= 15 is 0 Å². The highest BCUT2D eigenvalue weighted by molar-refractivity contribution is 7.98. The second kappa shape index (κ2) is 6.10. The molecule has 2 rings (SSSR count). The Morgan fingerprint density at radius 1 is 1.24 bits per heavy atom. The topological polar surface area (TPSA) is 32.3 Å². The van der Waals surface area contributed by atoms with Crippen LogP contribution in [0.15, 0.2) is 0 Å². The van der Waals surface area contributed by atoms with Crippen LogP contribution < -0.4 is 5.32 Å². The molecule has 1 amide bonds. The first-order chi connectivity index (χ1) is 8.26. The van der Waals surface area contributed by atoms with Gasteiger partial charge >= 0.3 is 0 Å². The van der Waals surface area contributed by atoms with Gasteiger partial charge in [-0.2, -0.15) is 11.8 Å². The van der Waals surface area contributed by atoms with E-state index in [9.17, 15) is 4.79 Å². The van der Waals surface area contributed by atoms with Gasteiger partial charge < -0.3 is 10.2 Å². The molecule has 3 nitrogen and oxygen atoms in total. The summed E-state index contributed by atoms with van der Waals surface area (Å²) in [5.74, 6) is 1.33. The summed E-state index contributed by atoms with van der Waals surface area (Å²) in [5, 5.41) is 3.43. The minimum absolute atomic E-state index is 0.364. The number of amides is 1. The molecule has 17 heavy (non-hydrogen) atoms. The molecule has 2 aliphatic rings. The lowest BCUT2D eigenvalue weighted by Gasteiger charge is -2.44. The van der Waals surface area contributed by atoms with Gasteiger partial charge in [-0.25, -0.2) is 0 Å². The van der Waals surface area contributed by atoms with Crippen molar-refractivity contribution < 1.29 is 4.79 Å². The van der Waals surface area contributed by atoms with E-state index in [-0.39, 0.29) is 0 Å². The predicted molar refractivity (Wildman–Crippen MR) is 73.3 cm³/mol. The van der Waals surface area contributed by atoms with Gasteiger partial charge in [-0.15, -0.1) is 0 Å². The van der Waals surface area contributed by atoms with Gasteiger partial charge in [0.2, 0.25) is 5.91 Å². The van der Waals surface area contributed by atoms with E-state index in [1.54, 1.807) is 11.8 Å². The molecule has 0 bridgehead atoms. The molecule has 0 radical (unpaired) electrons. The van der Waals surface area contributed by atoms with Gasteiger partial charge in [-0.05, 0) is 50.4 Å². The molecule has 0 atom stereocenters. The lowest BCUT2D eigenvalue weighted by Crippen LogP contribution is -2.47. The highest BCUT2D eigenvalue weighted by Crippen LogP contribution is 2.39. The Bertz CT molecular complexity index is 254. The highest BCUT2D eigenvalue weighted by Gasteiger charge is 2.36. The molecular weight excluding hydrogens is 232 g/mol. The van der Waals surface area contributed by atoms with Gasteiger partial charge in [0.25, 0.3) is 0 Å². The Labute approximate surface area is 109 Å². The Morgan fingerprint density at radius 2 is 1.88 bits per heavy atom. The van der Waals surface area contributed by atoms with E-state index in [2.05, 4.69) is 16.5 Å². The van der Waals surface area contributed by atoms with Crippen molar-refractivity contribution in [2.24, 2.45) is 5.41 Å². The average molecular weight is 256 g/mol. The normalized spacial score (nSPS) is 23.9. The van der Waals surface area contributed by atoms with Crippen LogP contribution in [0.1, 0.15) is 32.1 Å². The highest BCUT2D eigenvalue weighted by atomic mass is 32.2. The number of hydrogen-bond donors (Lipinski definition) is 1. The largest absolute Gasteiger partial charge is 0.343 e. The lowest BCUT2D eigenvalue weighted by atomic mass is 9.71. The maximum absolute atomic E-state index is 11.9. The van der Waals surface area contributed by atoms with Gasteiger partial charge in [0.05, 0.1) is 0 Å². The predicted octanol–water partition coefficient (Wildman–Crippen LogP) is 1.73. The van der Waals surface area contributed by atoms with Crippen LogP contribution in [-0.2, 0) is 4.79 Å². The minimum Gasteiger partial charge on any atom is -0.343 e. The van der Waals surface area contributed by atoms with Crippen molar-refractivity contribution in [3.63, 3.8) is 0 Å².